The van der Waals surface area contributed by atoms with Gasteiger partial charge in [-0.15, -0.1) is 0 Å². The molecule has 3 aliphatic rings. The predicted molar refractivity (Wildman–Crippen MR) is 117 cm³/mol. The van der Waals surface area contributed by atoms with Crippen molar-refractivity contribution >= 4 is 28.4 Å². The molecule has 8 nitrogen and oxygen atoms in total. The smallest absolute Gasteiger partial charge is 0.226 e. The van der Waals surface area contributed by atoms with Gasteiger partial charge in [-0.25, -0.2) is 9.97 Å². The molecular formula is C23H29N5O3. The van der Waals surface area contributed by atoms with E-state index in [9.17, 15) is 9.59 Å². The fraction of sp³-hybridized carbons (Fsp3) is 0.565. The summed E-state index contributed by atoms with van der Waals surface area (Å²) in [4.78, 5) is 37.5. The molecule has 0 spiro atoms. The summed E-state index contributed by atoms with van der Waals surface area (Å²) in [5, 5.41) is 3.74. The number of ether oxygens (including phenoxy) is 1. The number of piperazine rings is 1. The van der Waals surface area contributed by atoms with Crippen molar-refractivity contribution in [2.24, 2.45) is 5.92 Å². The minimum atomic E-state index is -0.173. The Morgan fingerprint density at radius 2 is 1.87 bits per heavy atom. The summed E-state index contributed by atoms with van der Waals surface area (Å²) in [6.07, 6.45) is 7.47. The highest BCUT2D eigenvalue weighted by molar-refractivity contribution is 5.88. The van der Waals surface area contributed by atoms with E-state index >= 15 is 0 Å². The van der Waals surface area contributed by atoms with Crippen LogP contribution < -0.4 is 15.0 Å². The molecule has 2 amide bonds. The standard InChI is InChI=1S/C23H29N5O3/c29-21-13-16(7-8-24-21)23(30)28-11-9-27(10-12-28)17-5-6-20-19(14-17)22(26-15-25-20)31-18-3-1-2-4-18/h5-6,14-16,18H,1-4,7-13H2,(H,24,29). The van der Waals surface area contributed by atoms with Gasteiger partial charge in [0.15, 0.2) is 0 Å². The molecule has 0 bridgehead atoms. The van der Waals surface area contributed by atoms with E-state index in [4.69, 9.17) is 4.74 Å². The maximum Gasteiger partial charge on any atom is 0.226 e. The van der Waals surface area contributed by atoms with Crippen LogP contribution in [0.2, 0.25) is 0 Å². The molecule has 0 radical (unpaired) electrons. The summed E-state index contributed by atoms with van der Waals surface area (Å²) >= 11 is 0. The molecule has 164 valence electrons. The van der Waals surface area contributed by atoms with Crippen molar-refractivity contribution in [2.75, 3.05) is 37.6 Å². The predicted octanol–water partition coefficient (Wildman–Crippen LogP) is 2.13. The molecule has 1 aromatic heterocycles. The van der Waals surface area contributed by atoms with Crippen LogP contribution in [-0.4, -0.2) is 65.5 Å². The van der Waals surface area contributed by atoms with Gasteiger partial charge in [0.1, 0.15) is 12.4 Å². The lowest BCUT2D eigenvalue weighted by Gasteiger charge is -2.38. The third-order valence-electron chi connectivity index (χ3n) is 6.72. The van der Waals surface area contributed by atoms with Crippen LogP contribution in [0.4, 0.5) is 5.69 Å². The molecule has 1 unspecified atom stereocenters. The normalized spacial score (nSPS) is 22.6. The van der Waals surface area contributed by atoms with Gasteiger partial charge in [0.05, 0.1) is 10.9 Å². The van der Waals surface area contributed by atoms with Crippen molar-refractivity contribution in [1.82, 2.24) is 20.2 Å². The molecule has 31 heavy (non-hydrogen) atoms. The molecule has 2 saturated heterocycles. The summed E-state index contributed by atoms with van der Waals surface area (Å²) in [6.45, 7) is 3.47. The number of fused-ring (bicyclic) bond motifs is 1. The topological polar surface area (TPSA) is 87.7 Å². The first kappa shape index (κ1) is 20.0. The van der Waals surface area contributed by atoms with Crippen molar-refractivity contribution in [3.8, 4) is 5.88 Å². The van der Waals surface area contributed by atoms with Crippen molar-refractivity contribution in [3.05, 3.63) is 24.5 Å². The number of amides is 2. The molecule has 8 heteroatoms. The van der Waals surface area contributed by atoms with Gasteiger partial charge < -0.3 is 19.9 Å². The van der Waals surface area contributed by atoms with Gasteiger partial charge in [-0.1, -0.05) is 0 Å². The van der Waals surface area contributed by atoms with E-state index in [0.29, 0.717) is 31.9 Å². The summed E-state index contributed by atoms with van der Waals surface area (Å²) in [7, 11) is 0. The number of hydrogen-bond acceptors (Lipinski definition) is 6. The average Bonchev–Trinajstić information content (AvgIpc) is 3.32. The Morgan fingerprint density at radius 1 is 1.06 bits per heavy atom. The Labute approximate surface area is 182 Å². The molecule has 5 rings (SSSR count). The van der Waals surface area contributed by atoms with Crippen LogP contribution in [0.1, 0.15) is 38.5 Å². The van der Waals surface area contributed by atoms with Gasteiger partial charge in [-0.3, -0.25) is 9.59 Å². The Morgan fingerprint density at radius 3 is 2.65 bits per heavy atom. The quantitative estimate of drug-likeness (QED) is 0.811. The largest absolute Gasteiger partial charge is 0.474 e. The van der Waals surface area contributed by atoms with Crippen molar-refractivity contribution in [3.63, 3.8) is 0 Å². The van der Waals surface area contributed by atoms with Gasteiger partial charge >= 0.3 is 0 Å². The minimum absolute atomic E-state index is 0.0164. The van der Waals surface area contributed by atoms with Crippen LogP contribution in [0.15, 0.2) is 24.5 Å². The van der Waals surface area contributed by atoms with E-state index < -0.39 is 0 Å². The van der Waals surface area contributed by atoms with Crippen molar-refractivity contribution < 1.29 is 14.3 Å². The SMILES string of the molecule is O=C1CC(C(=O)N2CCN(c3ccc4ncnc(OC5CCCC5)c4c3)CC2)CCN1. The number of piperidine rings is 1. The van der Waals surface area contributed by atoms with Crippen LogP contribution in [0.25, 0.3) is 10.9 Å². The first-order valence-corrected chi connectivity index (χ1v) is 11.4. The third kappa shape index (κ3) is 4.29. The molecule has 2 aromatic rings. The van der Waals surface area contributed by atoms with Gasteiger partial charge in [0.2, 0.25) is 17.7 Å². The van der Waals surface area contributed by atoms with Gasteiger partial charge in [-0.05, 0) is 50.3 Å². The summed E-state index contributed by atoms with van der Waals surface area (Å²) in [6, 6.07) is 6.21. The molecule has 1 atom stereocenters. The van der Waals surface area contributed by atoms with E-state index in [2.05, 4.69) is 32.3 Å². The molecule has 1 N–H and O–H groups in total. The maximum absolute atomic E-state index is 12.8. The van der Waals surface area contributed by atoms with Crippen LogP contribution in [0.5, 0.6) is 5.88 Å². The highest BCUT2D eigenvalue weighted by atomic mass is 16.5. The first-order valence-electron chi connectivity index (χ1n) is 11.4. The van der Waals surface area contributed by atoms with Crippen LogP contribution >= 0.6 is 0 Å². The number of rotatable bonds is 4. The molecule has 2 aliphatic heterocycles. The average molecular weight is 424 g/mol. The summed E-state index contributed by atoms with van der Waals surface area (Å²) in [5.41, 5.74) is 1.99. The Hall–Kier alpha value is -2.90. The second-order valence-electron chi connectivity index (χ2n) is 8.76. The van der Waals surface area contributed by atoms with E-state index in [1.165, 1.54) is 12.8 Å². The molecule has 1 aliphatic carbocycles. The Kier molecular flexibility index (Phi) is 5.61. The number of nitrogens with zero attached hydrogens (tertiary/aromatic N) is 4. The van der Waals surface area contributed by atoms with Crippen LogP contribution in [0.3, 0.4) is 0 Å². The van der Waals surface area contributed by atoms with Crippen LogP contribution in [0, 0.1) is 5.92 Å². The number of aromatic nitrogens is 2. The Balaban J connectivity index is 1.27. The van der Waals surface area contributed by atoms with E-state index in [0.717, 1.165) is 48.9 Å². The van der Waals surface area contributed by atoms with Crippen LogP contribution in [-0.2, 0) is 9.59 Å². The monoisotopic (exact) mass is 423 g/mol. The second-order valence-corrected chi connectivity index (χ2v) is 8.76. The highest BCUT2D eigenvalue weighted by Crippen LogP contribution is 2.30. The van der Waals surface area contributed by atoms with Gasteiger partial charge in [-0.2, -0.15) is 0 Å². The van der Waals surface area contributed by atoms with E-state index in [-0.39, 0.29) is 23.8 Å². The first-order chi connectivity index (χ1) is 15.2. The number of hydrogen-bond donors (Lipinski definition) is 1. The lowest BCUT2D eigenvalue weighted by Crippen LogP contribution is -2.52. The molecule has 3 fully saturated rings. The highest BCUT2D eigenvalue weighted by Gasteiger charge is 2.31. The number of anilines is 1. The number of carbonyl (C=O) groups is 2. The molecule has 1 saturated carbocycles. The van der Waals surface area contributed by atoms with Gasteiger partial charge in [0.25, 0.3) is 0 Å². The lowest BCUT2D eigenvalue weighted by molar-refractivity contribution is -0.140. The summed E-state index contributed by atoms with van der Waals surface area (Å²) < 4.78 is 6.20. The zero-order valence-corrected chi connectivity index (χ0v) is 17.8. The fourth-order valence-corrected chi connectivity index (χ4v) is 4.91. The van der Waals surface area contributed by atoms with Gasteiger partial charge in [0, 0.05) is 50.7 Å². The maximum atomic E-state index is 12.8. The zero-order chi connectivity index (χ0) is 21.2. The minimum Gasteiger partial charge on any atom is -0.474 e. The fourth-order valence-electron chi connectivity index (χ4n) is 4.91. The molecular weight excluding hydrogens is 394 g/mol. The lowest BCUT2D eigenvalue weighted by atomic mass is 9.95. The number of nitrogens with one attached hydrogen (secondary N) is 1. The number of benzene rings is 1. The van der Waals surface area contributed by atoms with Crippen molar-refractivity contribution in [1.29, 1.82) is 0 Å². The molecule has 1 aromatic carbocycles. The molecule has 3 heterocycles. The zero-order valence-electron chi connectivity index (χ0n) is 17.8. The second kappa shape index (κ2) is 8.69. The van der Waals surface area contributed by atoms with E-state index in [1.807, 2.05) is 11.0 Å². The Bertz CT molecular complexity index is 967. The summed E-state index contributed by atoms with van der Waals surface area (Å²) in [5.74, 6) is 0.599. The van der Waals surface area contributed by atoms with Crippen molar-refractivity contribution in [2.45, 2.75) is 44.6 Å². The number of carbonyl (C=O) groups excluding carboxylic acids is 2. The van der Waals surface area contributed by atoms with E-state index in [1.54, 1.807) is 6.33 Å². The third-order valence-corrected chi connectivity index (χ3v) is 6.72.